The van der Waals surface area contributed by atoms with Crippen LogP contribution in [-0.2, 0) is 19.3 Å². The molecule has 0 amide bonds. The average Bonchev–Trinajstić information content (AvgIpc) is 2.75. The summed E-state index contributed by atoms with van der Waals surface area (Å²) in [6, 6.07) is 31.0. The van der Waals surface area contributed by atoms with Crippen molar-refractivity contribution in [3.05, 3.63) is 120 Å². The molecule has 0 aliphatic heterocycles. The number of rotatable bonds is 6. The molecule has 0 saturated carbocycles. The van der Waals surface area contributed by atoms with E-state index < -0.39 is 0 Å². The van der Waals surface area contributed by atoms with Crippen LogP contribution in [0.5, 0.6) is 5.75 Å². The summed E-state index contributed by atoms with van der Waals surface area (Å²) in [4.78, 5) is 4.41. The molecule has 2 heteroatoms. The summed E-state index contributed by atoms with van der Waals surface area (Å²) < 4.78 is 0. The van der Waals surface area contributed by atoms with Crippen LogP contribution in [0.4, 0.5) is 0 Å². The van der Waals surface area contributed by atoms with Gasteiger partial charge >= 0.3 is 0 Å². The normalized spacial score (nSPS) is 10.7. The van der Waals surface area contributed by atoms with E-state index in [1.807, 2.05) is 36.4 Å². The van der Waals surface area contributed by atoms with Gasteiger partial charge in [0.25, 0.3) is 0 Å². The number of aryl methyl sites for hydroxylation is 2. The Hall–Kier alpha value is -3.39. The van der Waals surface area contributed by atoms with E-state index in [4.69, 9.17) is 0 Å². The first kappa shape index (κ1) is 18.0. The lowest BCUT2D eigenvalue weighted by Crippen LogP contribution is -1.95. The topological polar surface area (TPSA) is 33.1 Å². The fourth-order valence-corrected chi connectivity index (χ4v) is 3.48. The second-order valence-electron chi connectivity index (χ2n) is 7.00. The van der Waals surface area contributed by atoms with Crippen LogP contribution < -0.4 is 0 Å². The predicted molar refractivity (Wildman–Crippen MR) is 114 cm³/mol. The first-order valence-electron chi connectivity index (χ1n) is 9.63. The highest BCUT2D eigenvalue weighted by molar-refractivity contribution is 5.71. The molecule has 1 heterocycles. The Balaban J connectivity index is 1.56. The van der Waals surface area contributed by atoms with E-state index in [1.54, 1.807) is 6.20 Å². The van der Waals surface area contributed by atoms with Crippen molar-refractivity contribution < 1.29 is 5.11 Å². The monoisotopic (exact) mass is 365 g/mol. The summed E-state index contributed by atoms with van der Waals surface area (Å²) in [6.07, 6.45) is 4.38. The summed E-state index contributed by atoms with van der Waals surface area (Å²) in [7, 11) is 0. The van der Waals surface area contributed by atoms with E-state index in [0.29, 0.717) is 12.1 Å². The van der Waals surface area contributed by atoms with Gasteiger partial charge in [-0.25, -0.2) is 0 Å². The zero-order valence-corrected chi connectivity index (χ0v) is 15.8. The van der Waals surface area contributed by atoms with Crippen molar-refractivity contribution in [2.75, 3.05) is 0 Å². The van der Waals surface area contributed by atoms with E-state index in [0.717, 1.165) is 29.5 Å². The largest absolute Gasteiger partial charge is 0.505 e. The maximum Gasteiger partial charge on any atom is 0.145 e. The number of pyridine rings is 1. The highest BCUT2D eigenvalue weighted by Gasteiger charge is 2.11. The molecule has 4 rings (SSSR count). The number of hydrogen-bond donors (Lipinski definition) is 1. The molecule has 0 saturated heterocycles. The van der Waals surface area contributed by atoms with E-state index in [1.165, 1.54) is 11.1 Å². The molecule has 0 fully saturated rings. The highest BCUT2D eigenvalue weighted by Crippen LogP contribution is 2.32. The molecule has 0 aliphatic rings. The van der Waals surface area contributed by atoms with Crippen LogP contribution >= 0.6 is 0 Å². The molecular weight excluding hydrogens is 342 g/mol. The van der Waals surface area contributed by atoms with E-state index in [9.17, 15) is 5.11 Å². The van der Waals surface area contributed by atoms with Gasteiger partial charge in [0, 0.05) is 18.2 Å². The SMILES string of the molecule is Oc1c(-c2cccc(CCc3ccccc3)c2)ccnc1Cc1ccccc1. The quantitative estimate of drug-likeness (QED) is 0.466. The molecule has 0 spiro atoms. The number of hydrogen-bond acceptors (Lipinski definition) is 2. The van der Waals surface area contributed by atoms with E-state index >= 15 is 0 Å². The summed E-state index contributed by atoms with van der Waals surface area (Å²) in [5.74, 6) is 0.270. The predicted octanol–water partition coefficient (Wildman–Crippen LogP) is 5.83. The molecule has 0 unspecified atom stereocenters. The Morgan fingerprint density at radius 2 is 1.29 bits per heavy atom. The second kappa shape index (κ2) is 8.53. The fourth-order valence-electron chi connectivity index (χ4n) is 3.48. The van der Waals surface area contributed by atoms with Crippen LogP contribution in [0.3, 0.4) is 0 Å². The summed E-state index contributed by atoms with van der Waals surface area (Å²) in [5, 5.41) is 10.8. The maximum atomic E-state index is 10.8. The van der Waals surface area contributed by atoms with Crippen molar-refractivity contribution in [1.29, 1.82) is 0 Å². The van der Waals surface area contributed by atoms with Crippen LogP contribution in [0.25, 0.3) is 11.1 Å². The third kappa shape index (κ3) is 4.29. The summed E-state index contributed by atoms with van der Waals surface area (Å²) >= 11 is 0. The zero-order valence-electron chi connectivity index (χ0n) is 15.8. The van der Waals surface area contributed by atoms with Crippen LogP contribution in [-0.4, -0.2) is 10.1 Å². The van der Waals surface area contributed by atoms with Gasteiger partial charge in [0.2, 0.25) is 0 Å². The molecule has 1 N–H and O–H groups in total. The van der Waals surface area contributed by atoms with Gasteiger partial charge in [-0.1, -0.05) is 84.9 Å². The second-order valence-corrected chi connectivity index (χ2v) is 7.00. The molecule has 138 valence electrons. The molecule has 0 atom stereocenters. The number of aromatic hydroxyl groups is 1. The van der Waals surface area contributed by atoms with Crippen LogP contribution in [0, 0.1) is 0 Å². The van der Waals surface area contributed by atoms with E-state index in [2.05, 4.69) is 59.6 Å². The van der Waals surface area contributed by atoms with Gasteiger partial charge in [-0.05, 0) is 41.2 Å². The van der Waals surface area contributed by atoms with Crippen molar-refractivity contribution in [3.63, 3.8) is 0 Å². The van der Waals surface area contributed by atoms with Crippen LogP contribution in [0.15, 0.2) is 97.2 Å². The van der Waals surface area contributed by atoms with Gasteiger partial charge in [-0.15, -0.1) is 0 Å². The Labute approximate surface area is 166 Å². The Morgan fingerprint density at radius 1 is 0.643 bits per heavy atom. The van der Waals surface area contributed by atoms with Crippen molar-refractivity contribution in [1.82, 2.24) is 4.98 Å². The average molecular weight is 365 g/mol. The van der Waals surface area contributed by atoms with E-state index in [-0.39, 0.29) is 5.75 Å². The van der Waals surface area contributed by atoms with Gasteiger partial charge in [0.15, 0.2) is 0 Å². The Morgan fingerprint density at radius 3 is 2.04 bits per heavy atom. The Kier molecular flexibility index (Phi) is 5.48. The minimum Gasteiger partial charge on any atom is -0.505 e. The molecule has 4 aromatic rings. The number of nitrogens with zero attached hydrogens (tertiary/aromatic N) is 1. The van der Waals surface area contributed by atoms with Crippen molar-refractivity contribution >= 4 is 0 Å². The molecule has 0 radical (unpaired) electrons. The van der Waals surface area contributed by atoms with Crippen molar-refractivity contribution in [3.8, 4) is 16.9 Å². The highest BCUT2D eigenvalue weighted by atomic mass is 16.3. The maximum absolute atomic E-state index is 10.8. The zero-order chi connectivity index (χ0) is 19.2. The van der Waals surface area contributed by atoms with Gasteiger partial charge in [0.05, 0.1) is 5.69 Å². The van der Waals surface area contributed by atoms with Gasteiger partial charge < -0.3 is 5.11 Å². The standard InChI is InChI=1S/C26H23NO/c28-26-24(16-17-27-25(26)19-21-10-5-2-6-11-21)23-13-7-12-22(18-23)15-14-20-8-3-1-4-9-20/h1-13,16-18,28H,14-15,19H2. The summed E-state index contributed by atoms with van der Waals surface area (Å²) in [5.41, 5.74) is 6.31. The lowest BCUT2D eigenvalue weighted by molar-refractivity contribution is 0.467. The fraction of sp³-hybridized carbons (Fsp3) is 0.115. The van der Waals surface area contributed by atoms with Gasteiger partial charge in [-0.3, -0.25) is 4.98 Å². The molecule has 28 heavy (non-hydrogen) atoms. The first-order valence-corrected chi connectivity index (χ1v) is 9.63. The molecule has 0 aliphatic carbocycles. The molecular formula is C26H23NO. The third-order valence-electron chi connectivity index (χ3n) is 5.00. The lowest BCUT2D eigenvalue weighted by Gasteiger charge is -2.11. The minimum atomic E-state index is 0.270. The van der Waals surface area contributed by atoms with Gasteiger partial charge in [-0.2, -0.15) is 0 Å². The third-order valence-corrected chi connectivity index (χ3v) is 5.00. The number of benzene rings is 3. The van der Waals surface area contributed by atoms with Gasteiger partial charge in [0.1, 0.15) is 5.75 Å². The smallest absolute Gasteiger partial charge is 0.145 e. The van der Waals surface area contributed by atoms with Crippen molar-refractivity contribution in [2.24, 2.45) is 0 Å². The van der Waals surface area contributed by atoms with Crippen molar-refractivity contribution in [2.45, 2.75) is 19.3 Å². The lowest BCUT2D eigenvalue weighted by atomic mass is 9.98. The Bertz CT molecular complexity index is 1040. The molecule has 1 aromatic heterocycles. The molecule has 0 bridgehead atoms. The number of aromatic nitrogens is 1. The van der Waals surface area contributed by atoms with Crippen LogP contribution in [0.2, 0.25) is 0 Å². The summed E-state index contributed by atoms with van der Waals surface area (Å²) in [6.45, 7) is 0. The molecule has 2 nitrogen and oxygen atoms in total. The minimum absolute atomic E-state index is 0.270. The molecule has 3 aromatic carbocycles. The first-order chi connectivity index (χ1) is 13.8. The van der Waals surface area contributed by atoms with Crippen LogP contribution in [0.1, 0.15) is 22.4 Å².